The zero-order valence-corrected chi connectivity index (χ0v) is 11.3. The van der Waals surface area contributed by atoms with E-state index in [1.807, 2.05) is 27.7 Å². The van der Waals surface area contributed by atoms with Crippen LogP contribution in [0.2, 0.25) is 0 Å². The molecule has 0 aromatic heterocycles. The predicted octanol–water partition coefficient (Wildman–Crippen LogP) is 1.11. The van der Waals surface area contributed by atoms with Gasteiger partial charge >= 0.3 is 0 Å². The van der Waals surface area contributed by atoms with Crippen molar-refractivity contribution in [3.05, 3.63) is 0 Å². The Labute approximate surface area is 98.8 Å². The van der Waals surface area contributed by atoms with Gasteiger partial charge in [-0.25, -0.2) is 0 Å². The molecule has 0 aliphatic carbocycles. The van der Waals surface area contributed by atoms with Crippen molar-refractivity contribution in [2.75, 3.05) is 20.1 Å². The predicted molar refractivity (Wildman–Crippen MR) is 65.6 cm³/mol. The minimum atomic E-state index is -0.0370. The van der Waals surface area contributed by atoms with Gasteiger partial charge in [0.2, 0.25) is 0 Å². The smallest absolute Gasteiger partial charge is 0.146 e. The molecule has 0 fully saturated rings. The van der Waals surface area contributed by atoms with Crippen molar-refractivity contribution in [2.24, 2.45) is 0 Å². The van der Waals surface area contributed by atoms with Crippen LogP contribution in [0.25, 0.3) is 0 Å². The molecule has 0 atom stereocenters. The van der Waals surface area contributed by atoms with Crippen LogP contribution in [0.5, 0.6) is 0 Å². The summed E-state index contributed by atoms with van der Waals surface area (Å²) in [5.74, 6) is -0.0370. The highest BCUT2D eigenvalue weighted by atomic mass is 16.5. The Balaban J connectivity index is -0.000000183. The average molecular weight is 234 g/mol. The highest BCUT2D eigenvalue weighted by Crippen LogP contribution is 1.72. The summed E-state index contributed by atoms with van der Waals surface area (Å²) in [7, 11) is 1.43. The van der Waals surface area contributed by atoms with Crippen molar-refractivity contribution in [1.29, 1.82) is 0 Å². The largest absolute Gasteiger partial charge is 0.314 e. The molecular weight excluding hydrogens is 208 g/mol. The number of hydrogen-bond donors (Lipinski definition) is 2. The third-order valence-electron chi connectivity index (χ3n) is 1.06. The number of ketones is 1. The zero-order valence-electron chi connectivity index (χ0n) is 11.3. The summed E-state index contributed by atoms with van der Waals surface area (Å²) in [6.07, 6.45) is 0.861. The molecule has 0 aromatic carbocycles. The molecule has 0 amide bonds. The van der Waals surface area contributed by atoms with Gasteiger partial charge in [-0.1, -0.05) is 27.7 Å². The van der Waals surface area contributed by atoms with Gasteiger partial charge in [0.25, 0.3) is 0 Å². The summed E-state index contributed by atoms with van der Waals surface area (Å²) in [4.78, 5) is 19.7. The Kier molecular flexibility index (Phi) is 21.4. The molecule has 0 radical (unpaired) electrons. The van der Waals surface area contributed by atoms with Crippen LogP contribution in [0.1, 0.15) is 34.6 Å². The van der Waals surface area contributed by atoms with E-state index >= 15 is 0 Å². The van der Waals surface area contributed by atoms with Crippen molar-refractivity contribution in [3.63, 3.8) is 0 Å². The van der Waals surface area contributed by atoms with Crippen LogP contribution in [0, 0.1) is 0 Å². The monoisotopic (exact) mass is 234 g/mol. The number of aldehydes is 1. The lowest BCUT2D eigenvalue weighted by atomic mass is 10.4. The first-order valence-electron chi connectivity index (χ1n) is 5.46. The number of carbonyl (C=O) groups is 2. The molecule has 0 unspecified atom stereocenters. The minimum absolute atomic E-state index is 0.0370. The number of hydrogen-bond acceptors (Lipinski definition) is 5. The first kappa shape index (κ1) is 20.6. The molecule has 0 saturated heterocycles. The standard InChI is InChI=1S/C5H11NO.C4H9NO2.C2H6/c1-5(2)6-3-4-7;1-4(6)3-5(2)7;1-2/h4-6H,3H2,1-2H3;7H,3H2,1-2H3;1-2H3. The van der Waals surface area contributed by atoms with Gasteiger partial charge in [-0.2, -0.15) is 5.06 Å². The number of rotatable bonds is 5. The number of likely N-dealkylation sites (N-methyl/N-ethyl adjacent to an activating group) is 1. The molecule has 5 heteroatoms. The molecule has 0 bridgehead atoms. The van der Waals surface area contributed by atoms with Crippen LogP contribution in [0.3, 0.4) is 0 Å². The first-order valence-corrected chi connectivity index (χ1v) is 5.46. The average Bonchev–Trinajstić information content (AvgIpc) is 2.16. The normalized spacial score (nSPS) is 8.81. The number of Topliss-reactive ketones (excluding diaryl/α,β-unsaturated/α-hetero) is 1. The lowest BCUT2D eigenvalue weighted by molar-refractivity contribution is -0.128. The van der Waals surface area contributed by atoms with E-state index in [9.17, 15) is 9.59 Å². The fourth-order valence-electron chi connectivity index (χ4n) is 0.606. The van der Waals surface area contributed by atoms with Crippen molar-refractivity contribution in [3.8, 4) is 0 Å². The van der Waals surface area contributed by atoms with Crippen molar-refractivity contribution < 1.29 is 14.8 Å². The Hall–Kier alpha value is -0.780. The number of nitrogens with one attached hydrogen (secondary N) is 1. The van der Waals surface area contributed by atoms with E-state index in [2.05, 4.69) is 5.32 Å². The van der Waals surface area contributed by atoms with Crippen LogP contribution in [-0.4, -0.2) is 48.5 Å². The highest BCUT2D eigenvalue weighted by molar-refractivity contribution is 5.77. The van der Waals surface area contributed by atoms with Gasteiger partial charge in [0.1, 0.15) is 12.1 Å². The van der Waals surface area contributed by atoms with Gasteiger partial charge in [-0.3, -0.25) is 4.79 Å². The summed E-state index contributed by atoms with van der Waals surface area (Å²) in [5, 5.41) is 12.1. The molecule has 98 valence electrons. The second-order valence-corrected chi connectivity index (χ2v) is 3.25. The van der Waals surface area contributed by atoms with E-state index in [0.717, 1.165) is 11.3 Å². The third kappa shape index (κ3) is 37.9. The number of hydroxylamine groups is 2. The molecule has 2 N–H and O–H groups in total. The van der Waals surface area contributed by atoms with Crippen LogP contribution in [0.15, 0.2) is 0 Å². The number of carbonyl (C=O) groups excluding carboxylic acids is 2. The van der Waals surface area contributed by atoms with E-state index in [1.165, 1.54) is 14.0 Å². The fourth-order valence-corrected chi connectivity index (χ4v) is 0.606. The van der Waals surface area contributed by atoms with E-state index in [4.69, 9.17) is 5.21 Å². The number of nitrogens with zero attached hydrogens (tertiary/aromatic N) is 1. The lowest BCUT2D eigenvalue weighted by Crippen LogP contribution is -2.24. The van der Waals surface area contributed by atoms with Gasteiger partial charge < -0.3 is 15.3 Å². The van der Waals surface area contributed by atoms with Gasteiger partial charge in [-0.15, -0.1) is 0 Å². The van der Waals surface area contributed by atoms with E-state index in [1.54, 1.807) is 0 Å². The topological polar surface area (TPSA) is 69.6 Å². The van der Waals surface area contributed by atoms with E-state index in [-0.39, 0.29) is 12.3 Å². The Bertz CT molecular complexity index is 159. The van der Waals surface area contributed by atoms with E-state index in [0.29, 0.717) is 12.6 Å². The Morgan fingerprint density at radius 3 is 1.94 bits per heavy atom. The first-order chi connectivity index (χ1) is 7.40. The van der Waals surface area contributed by atoms with Crippen molar-refractivity contribution in [1.82, 2.24) is 10.4 Å². The quantitative estimate of drug-likeness (QED) is 0.551. The summed E-state index contributed by atoms with van der Waals surface area (Å²) in [6, 6.07) is 0.421. The molecule has 0 aliphatic heterocycles. The molecule has 0 spiro atoms. The Morgan fingerprint density at radius 1 is 1.44 bits per heavy atom. The molecule has 5 nitrogen and oxygen atoms in total. The van der Waals surface area contributed by atoms with Gasteiger partial charge in [0.15, 0.2) is 0 Å². The summed E-state index contributed by atoms with van der Waals surface area (Å²) in [5.41, 5.74) is 0. The van der Waals surface area contributed by atoms with Gasteiger partial charge in [0.05, 0.1) is 13.1 Å². The maximum Gasteiger partial charge on any atom is 0.146 e. The second kappa shape index (κ2) is 16.6. The van der Waals surface area contributed by atoms with Gasteiger partial charge in [0, 0.05) is 13.1 Å². The molecular formula is C11H26N2O3. The van der Waals surface area contributed by atoms with Gasteiger partial charge in [-0.05, 0) is 6.92 Å². The second-order valence-electron chi connectivity index (χ2n) is 3.25. The maximum atomic E-state index is 10.1. The molecule has 0 rings (SSSR count). The summed E-state index contributed by atoms with van der Waals surface area (Å²) in [6.45, 7) is 10.0. The van der Waals surface area contributed by atoms with Crippen LogP contribution in [-0.2, 0) is 9.59 Å². The van der Waals surface area contributed by atoms with Crippen LogP contribution >= 0.6 is 0 Å². The van der Waals surface area contributed by atoms with E-state index < -0.39 is 0 Å². The summed E-state index contributed by atoms with van der Waals surface area (Å²) >= 11 is 0. The molecule has 0 heterocycles. The molecule has 0 aromatic rings. The molecule has 0 saturated carbocycles. The highest BCUT2D eigenvalue weighted by Gasteiger charge is 1.93. The zero-order chi connectivity index (χ0) is 13.6. The van der Waals surface area contributed by atoms with Crippen molar-refractivity contribution >= 4 is 12.1 Å². The SMILES string of the molecule is CC.CC(=O)CN(C)O.CC(C)NCC=O. The molecule has 16 heavy (non-hydrogen) atoms. The van der Waals surface area contributed by atoms with Crippen molar-refractivity contribution in [2.45, 2.75) is 40.7 Å². The minimum Gasteiger partial charge on any atom is -0.314 e. The maximum absolute atomic E-state index is 10.1. The summed E-state index contributed by atoms with van der Waals surface area (Å²) < 4.78 is 0. The van der Waals surface area contributed by atoms with Crippen LogP contribution < -0.4 is 5.32 Å². The third-order valence-corrected chi connectivity index (χ3v) is 1.06. The fraction of sp³-hybridized carbons (Fsp3) is 0.818. The lowest BCUT2D eigenvalue weighted by Gasteiger charge is -2.01. The van der Waals surface area contributed by atoms with Crippen LogP contribution in [0.4, 0.5) is 0 Å². The Morgan fingerprint density at radius 2 is 1.88 bits per heavy atom. The molecule has 0 aliphatic rings.